The van der Waals surface area contributed by atoms with Crippen LogP contribution in [0.2, 0.25) is 0 Å². The highest BCUT2D eigenvalue weighted by Crippen LogP contribution is 2.27. The van der Waals surface area contributed by atoms with Gasteiger partial charge in [0, 0.05) is 6.54 Å². The molecule has 3 nitrogen and oxygen atoms in total. The molecule has 0 radical (unpaired) electrons. The lowest BCUT2D eigenvalue weighted by Crippen LogP contribution is -2.29. The summed E-state index contributed by atoms with van der Waals surface area (Å²) in [6, 6.07) is 9.77. The zero-order valence-electron chi connectivity index (χ0n) is 10.9. The van der Waals surface area contributed by atoms with Crippen molar-refractivity contribution >= 4 is 5.97 Å². The number of rotatable bonds is 7. The molecule has 0 spiro atoms. The lowest BCUT2D eigenvalue weighted by atomic mass is 10.2. The summed E-state index contributed by atoms with van der Waals surface area (Å²) in [4.78, 5) is 11.7. The molecule has 1 fully saturated rings. The molecule has 1 atom stereocenters. The van der Waals surface area contributed by atoms with E-state index in [0.29, 0.717) is 13.2 Å². The maximum absolute atomic E-state index is 11.7. The Balaban J connectivity index is 1.63. The van der Waals surface area contributed by atoms with Gasteiger partial charge in [0.2, 0.25) is 0 Å². The van der Waals surface area contributed by atoms with Crippen molar-refractivity contribution in [3.63, 3.8) is 0 Å². The summed E-state index contributed by atoms with van der Waals surface area (Å²) in [7, 11) is 0. The van der Waals surface area contributed by atoms with Crippen LogP contribution in [0.4, 0.5) is 0 Å². The van der Waals surface area contributed by atoms with E-state index in [4.69, 9.17) is 4.74 Å². The number of carbonyl (C=O) groups excluding carboxylic acids is 1. The second-order valence-corrected chi connectivity index (χ2v) is 5.10. The molecule has 1 saturated carbocycles. The highest BCUT2D eigenvalue weighted by Gasteiger charge is 2.21. The predicted molar refractivity (Wildman–Crippen MR) is 71.0 cm³/mol. The summed E-state index contributed by atoms with van der Waals surface area (Å²) in [6.45, 7) is 4.03. The van der Waals surface area contributed by atoms with Crippen LogP contribution in [0.1, 0.15) is 25.3 Å². The first kappa shape index (κ1) is 13.1. The van der Waals surface area contributed by atoms with E-state index in [1.165, 1.54) is 12.8 Å². The van der Waals surface area contributed by atoms with Crippen LogP contribution in [0.15, 0.2) is 30.3 Å². The molecule has 0 amide bonds. The number of carbonyl (C=O) groups is 1. The minimum atomic E-state index is -0.123. The predicted octanol–water partition coefficient (Wildman–Crippen LogP) is 2.37. The van der Waals surface area contributed by atoms with Gasteiger partial charge >= 0.3 is 5.97 Å². The molecule has 1 aliphatic rings. The molecule has 98 valence electrons. The zero-order valence-corrected chi connectivity index (χ0v) is 10.9. The molecule has 18 heavy (non-hydrogen) atoms. The van der Waals surface area contributed by atoms with Crippen molar-refractivity contribution in [2.75, 3.05) is 13.1 Å². The molecule has 0 saturated heterocycles. The molecule has 1 N–H and O–H groups in total. The Hall–Kier alpha value is -1.35. The second-order valence-electron chi connectivity index (χ2n) is 5.10. The Morgan fingerprint density at radius 3 is 2.78 bits per heavy atom. The number of nitrogens with one attached hydrogen (secondary N) is 1. The normalized spacial score (nSPS) is 16.3. The summed E-state index contributed by atoms with van der Waals surface area (Å²) in [5.74, 6) is 0.646. The van der Waals surface area contributed by atoms with Crippen LogP contribution in [0.25, 0.3) is 0 Å². The Bertz CT molecular complexity index is 373. The van der Waals surface area contributed by atoms with E-state index < -0.39 is 0 Å². The first-order valence-corrected chi connectivity index (χ1v) is 6.67. The SMILES string of the molecule is CC(CNCC1CC1)C(=O)OCc1ccccc1. The van der Waals surface area contributed by atoms with Gasteiger partial charge in [-0.15, -0.1) is 0 Å². The van der Waals surface area contributed by atoms with Gasteiger partial charge in [0.25, 0.3) is 0 Å². The third-order valence-electron chi connectivity index (χ3n) is 3.21. The number of benzene rings is 1. The summed E-state index contributed by atoms with van der Waals surface area (Å²) < 4.78 is 5.28. The number of hydrogen-bond donors (Lipinski definition) is 1. The maximum atomic E-state index is 11.7. The van der Waals surface area contributed by atoms with Crippen LogP contribution in [0.5, 0.6) is 0 Å². The topological polar surface area (TPSA) is 38.3 Å². The van der Waals surface area contributed by atoms with E-state index in [-0.39, 0.29) is 11.9 Å². The van der Waals surface area contributed by atoms with Crippen molar-refractivity contribution < 1.29 is 9.53 Å². The van der Waals surface area contributed by atoms with Gasteiger partial charge in [0.05, 0.1) is 5.92 Å². The van der Waals surface area contributed by atoms with Crippen LogP contribution >= 0.6 is 0 Å². The van der Waals surface area contributed by atoms with Gasteiger partial charge in [-0.3, -0.25) is 4.79 Å². The zero-order chi connectivity index (χ0) is 12.8. The van der Waals surface area contributed by atoms with Gasteiger partial charge in [-0.05, 0) is 30.9 Å². The lowest BCUT2D eigenvalue weighted by Gasteiger charge is -2.12. The Morgan fingerprint density at radius 2 is 2.11 bits per heavy atom. The molecule has 0 bridgehead atoms. The maximum Gasteiger partial charge on any atom is 0.310 e. The van der Waals surface area contributed by atoms with Crippen LogP contribution in [0.3, 0.4) is 0 Å². The molecule has 0 aromatic heterocycles. The summed E-state index contributed by atoms with van der Waals surface area (Å²) >= 11 is 0. The molecule has 1 unspecified atom stereocenters. The van der Waals surface area contributed by atoms with Gasteiger partial charge in [0.1, 0.15) is 6.61 Å². The van der Waals surface area contributed by atoms with E-state index >= 15 is 0 Å². The molecule has 1 aromatic rings. The van der Waals surface area contributed by atoms with Gasteiger partial charge in [-0.1, -0.05) is 37.3 Å². The Labute approximate surface area is 109 Å². The third kappa shape index (κ3) is 4.49. The average Bonchev–Trinajstić information content (AvgIpc) is 3.21. The quantitative estimate of drug-likeness (QED) is 0.752. The van der Waals surface area contributed by atoms with Crippen molar-refractivity contribution in [1.82, 2.24) is 5.32 Å². The fourth-order valence-electron chi connectivity index (χ4n) is 1.78. The van der Waals surface area contributed by atoms with E-state index in [1.807, 2.05) is 37.3 Å². The Morgan fingerprint density at radius 1 is 1.39 bits per heavy atom. The van der Waals surface area contributed by atoms with Crippen molar-refractivity contribution in [3.05, 3.63) is 35.9 Å². The minimum absolute atomic E-state index is 0.0764. The molecule has 0 heterocycles. The molecular formula is C15H21NO2. The smallest absolute Gasteiger partial charge is 0.310 e. The highest BCUT2D eigenvalue weighted by atomic mass is 16.5. The molecule has 1 aromatic carbocycles. The lowest BCUT2D eigenvalue weighted by molar-refractivity contribution is -0.149. The number of esters is 1. The van der Waals surface area contributed by atoms with E-state index in [0.717, 1.165) is 18.0 Å². The standard InChI is InChI=1S/C15H21NO2/c1-12(9-16-10-13-7-8-13)15(17)18-11-14-5-3-2-4-6-14/h2-6,12-13,16H,7-11H2,1H3. The van der Waals surface area contributed by atoms with E-state index in [2.05, 4.69) is 5.32 Å². The van der Waals surface area contributed by atoms with Crippen molar-refractivity contribution in [2.45, 2.75) is 26.4 Å². The van der Waals surface area contributed by atoms with Crippen molar-refractivity contribution in [2.24, 2.45) is 11.8 Å². The number of ether oxygens (including phenoxy) is 1. The summed E-state index contributed by atoms with van der Waals surface area (Å²) in [5, 5.41) is 3.33. The Kier molecular flexibility index (Phi) is 4.76. The van der Waals surface area contributed by atoms with E-state index in [9.17, 15) is 4.79 Å². The van der Waals surface area contributed by atoms with Gasteiger partial charge in [-0.25, -0.2) is 0 Å². The first-order chi connectivity index (χ1) is 8.75. The van der Waals surface area contributed by atoms with Gasteiger partial charge < -0.3 is 10.1 Å². The molecule has 1 aliphatic carbocycles. The molecule has 3 heteroatoms. The molecular weight excluding hydrogens is 226 g/mol. The number of hydrogen-bond acceptors (Lipinski definition) is 3. The fraction of sp³-hybridized carbons (Fsp3) is 0.533. The van der Waals surface area contributed by atoms with Crippen LogP contribution in [0, 0.1) is 11.8 Å². The molecule has 2 rings (SSSR count). The third-order valence-corrected chi connectivity index (χ3v) is 3.21. The largest absolute Gasteiger partial charge is 0.461 e. The van der Waals surface area contributed by atoms with E-state index in [1.54, 1.807) is 0 Å². The van der Waals surface area contributed by atoms with Crippen molar-refractivity contribution in [1.29, 1.82) is 0 Å². The highest BCUT2D eigenvalue weighted by molar-refractivity contribution is 5.72. The van der Waals surface area contributed by atoms with Gasteiger partial charge in [-0.2, -0.15) is 0 Å². The van der Waals surface area contributed by atoms with Gasteiger partial charge in [0.15, 0.2) is 0 Å². The molecule has 0 aliphatic heterocycles. The van der Waals surface area contributed by atoms with Crippen LogP contribution < -0.4 is 5.32 Å². The summed E-state index contributed by atoms with van der Waals surface area (Å²) in [6.07, 6.45) is 2.67. The fourth-order valence-corrected chi connectivity index (χ4v) is 1.78. The average molecular weight is 247 g/mol. The second kappa shape index (κ2) is 6.55. The minimum Gasteiger partial charge on any atom is -0.461 e. The first-order valence-electron chi connectivity index (χ1n) is 6.67. The van der Waals surface area contributed by atoms with Crippen LogP contribution in [-0.4, -0.2) is 19.1 Å². The monoisotopic (exact) mass is 247 g/mol. The van der Waals surface area contributed by atoms with Crippen LogP contribution in [-0.2, 0) is 16.1 Å². The summed E-state index contributed by atoms with van der Waals surface area (Å²) in [5.41, 5.74) is 1.03. The van der Waals surface area contributed by atoms with Crippen molar-refractivity contribution in [3.8, 4) is 0 Å².